The van der Waals surface area contributed by atoms with Gasteiger partial charge < -0.3 is 14.9 Å². The van der Waals surface area contributed by atoms with Gasteiger partial charge in [0.15, 0.2) is 0 Å². The van der Waals surface area contributed by atoms with Crippen molar-refractivity contribution in [3.63, 3.8) is 0 Å². The molecule has 0 unspecified atom stereocenters. The number of alkyl halides is 3. The zero-order chi connectivity index (χ0) is 15.2. The number of hydrogen-bond acceptors (Lipinski definition) is 2. The Kier molecular flexibility index (Phi) is 6.64. The van der Waals surface area contributed by atoms with Crippen molar-refractivity contribution in [1.29, 1.82) is 0 Å². The van der Waals surface area contributed by atoms with E-state index in [1.165, 1.54) is 4.90 Å². The molecule has 0 aromatic heterocycles. The Morgan fingerprint density at radius 2 is 1.79 bits per heavy atom. The van der Waals surface area contributed by atoms with Crippen molar-refractivity contribution in [3.8, 4) is 0 Å². The molecule has 0 heterocycles. The van der Waals surface area contributed by atoms with Gasteiger partial charge in [-0.25, -0.2) is 4.79 Å². The molecule has 0 bridgehead atoms. The van der Waals surface area contributed by atoms with E-state index in [4.69, 9.17) is 5.11 Å². The molecule has 1 N–H and O–H groups in total. The second kappa shape index (κ2) is 7.20. The minimum absolute atomic E-state index is 0.282. The number of urea groups is 1. The molecular weight excluding hydrogens is 265 g/mol. The van der Waals surface area contributed by atoms with Gasteiger partial charge in [-0.3, -0.25) is 4.79 Å². The number of amides is 2. The summed E-state index contributed by atoms with van der Waals surface area (Å²) in [6.07, 6.45) is -4.04. The Morgan fingerprint density at radius 1 is 1.26 bits per heavy atom. The van der Waals surface area contributed by atoms with Gasteiger partial charge in [-0.05, 0) is 20.3 Å². The molecule has 0 spiro atoms. The van der Waals surface area contributed by atoms with Gasteiger partial charge in [-0.2, -0.15) is 13.2 Å². The maximum absolute atomic E-state index is 12.4. The molecular formula is C11H19F3N2O3. The second-order valence-corrected chi connectivity index (χ2v) is 4.43. The largest absolute Gasteiger partial charge is 0.480 e. The van der Waals surface area contributed by atoms with Crippen LogP contribution in [0.15, 0.2) is 0 Å². The van der Waals surface area contributed by atoms with Gasteiger partial charge in [0.25, 0.3) is 0 Å². The van der Waals surface area contributed by atoms with Crippen LogP contribution in [0.25, 0.3) is 0 Å². The quantitative estimate of drug-likeness (QED) is 0.813. The topological polar surface area (TPSA) is 60.9 Å². The second-order valence-electron chi connectivity index (χ2n) is 4.43. The molecule has 0 radical (unpaired) electrons. The van der Waals surface area contributed by atoms with E-state index >= 15 is 0 Å². The fourth-order valence-electron chi connectivity index (χ4n) is 1.57. The van der Waals surface area contributed by atoms with E-state index < -0.39 is 31.3 Å². The lowest BCUT2D eigenvalue weighted by molar-refractivity contribution is -0.150. The molecule has 0 saturated heterocycles. The number of rotatable bonds is 6. The zero-order valence-corrected chi connectivity index (χ0v) is 11.2. The number of carbonyl (C=O) groups is 2. The smallest absolute Gasteiger partial charge is 0.406 e. The van der Waals surface area contributed by atoms with Crippen LogP contribution >= 0.6 is 0 Å². The summed E-state index contributed by atoms with van der Waals surface area (Å²) in [6, 6.07) is -1.20. The third kappa shape index (κ3) is 6.88. The van der Waals surface area contributed by atoms with Crippen molar-refractivity contribution in [3.05, 3.63) is 0 Å². The third-order valence-electron chi connectivity index (χ3n) is 2.30. The van der Waals surface area contributed by atoms with Crippen LogP contribution in [-0.4, -0.2) is 58.8 Å². The first kappa shape index (κ1) is 17.5. The fraction of sp³-hybridized carbons (Fsp3) is 0.818. The van der Waals surface area contributed by atoms with Gasteiger partial charge in [0.05, 0.1) is 0 Å². The average Bonchev–Trinajstić information content (AvgIpc) is 2.20. The lowest BCUT2D eigenvalue weighted by Gasteiger charge is -2.32. The molecule has 0 aromatic rings. The number of halogens is 3. The summed E-state index contributed by atoms with van der Waals surface area (Å²) in [7, 11) is 0. The van der Waals surface area contributed by atoms with Gasteiger partial charge in [0, 0.05) is 12.6 Å². The highest BCUT2D eigenvalue weighted by Crippen LogP contribution is 2.18. The van der Waals surface area contributed by atoms with Crippen molar-refractivity contribution < 1.29 is 27.9 Å². The molecule has 0 aliphatic rings. The van der Waals surface area contributed by atoms with Gasteiger partial charge in [-0.15, -0.1) is 0 Å². The summed E-state index contributed by atoms with van der Waals surface area (Å²) in [5.74, 6) is -1.47. The molecule has 5 nitrogen and oxygen atoms in total. The Hall–Kier alpha value is -1.47. The highest BCUT2D eigenvalue weighted by Gasteiger charge is 2.35. The Labute approximate surface area is 110 Å². The van der Waals surface area contributed by atoms with Crippen molar-refractivity contribution >= 4 is 12.0 Å². The molecule has 8 heteroatoms. The molecule has 0 aliphatic carbocycles. The normalized spacial score (nSPS) is 11.5. The standard InChI is InChI=1S/C11H19F3N2O3/c1-4-5-16(8(2)3)10(19)15(6-9(17)18)7-11(12,13)14/h8H,4-7H2,1-3H3,(H,17,18). The highest BCUT2D eigenvalue weighted by molar-refractivity contribution is 5.80. The van der Waals surface area contributed by atoms with Gasteiger partial charge in [0.1, 0.15) is 13.1 Å². The van der Waals surface area contributed by atoms with Gasteiger partial charge >= 0.3 is 18.2 Å². The van der Waals surface area contributed by atoms with Crippen LogP contribution in [0.2, 0.25) is 0 Å². The summed E-state index contributed by atoms with van der Waals surface area (Å²) in [4.78, 5) is 24.1. The monoisotopic (exact) mass is 284 g/mol. The molecule has 0 aromatic carbocycles. The summed E-state index contributed by atoms with van der Waals surface area (Å²) < 4.78 is 37.1. The molecule has 0 aliphatic heterocycles. The zero-order valence-electron chi connectivity index (χ0n) is 11.2. The van der Waals surface area contributed by atoms with Crippen LogP contribution < -0.4 is 0 Å². The van der Waals surface area contributed by atoms with Crippen LogP contribution in [0.1, 0.15) is 27.2 Å². The Morgan fingerprint density at radius 3 is 2.11 bits per heavy atom. The number of carboxylic acid groups (broad SMARTS) is 1. The summed E-state index contributed by atoms with van der Waals surface area (Å²) in [5.41, 5.74) is 0. The number of hydrogen-bond donors (Lipinski definition) is 1. The van der Waals surface area contributed by atoms with E-state index in [-0.39, 0.29) is 12.6 Å². The predicted octanol–water partition coefficient (Wildman–Crippen LogP) is 2.18. The van der Waals surface area contributed by atoms with E-state index in [0.29, 0.717) is 11.3 Å². The van der Waals surface area contributed by atoms with E-state index in [2.05, 4.69) is 0 Å². The van der Waals surface area contributed by atoms with Crippen LogP contribution in [-0.2, 0) is 4.79 Å². The number of carboxylic acids is 1. The minimum atomic E-state index is -4.63. The summed E-state index contributed by atoms with van der Waals surface area (Å²) >= 11 is 0. The molecule has 0 saturated carbocycles. The van der Waals surface area contributed by atoms with Gasteiger partial charge in [-0.1, -0.05) is 6.92 Å². The third-order valence-corrected chi connectivity index (χ3v) is 2.30. The maximum atomic E-state index is 12.4. The van der Waals surface area contributed by atoms with Crippen LogP contribution in [0, 0.1) is 0 Å². The molecule has 0 atom stereocenters. The van der Waals surface area contributed by atoms with E-state index in [9.17, 15) is 22.8 Å². The molecule has 112 valence electrons. The Balaban J connectivity index is 5.00. The molecule has 0 rings (SSSR count). The highest BCUT2D eigenvalue weighted by atomic mass is 19.4. The van der Waals surface area contributed by atoms with E-state index in [0.717, 1.165) is 0 Å². The average molecular weight is 284 g/mol. The van der Waals surface area contributed by atoms with Crippen LogP contribution in [0.4, 0.5) is 18.0 Å². The van der Waals surface area contributed by atoms with Gasteiger partial charge in [0.2, 0.25) is 0 Å². The van der Waals surface area contributed by atoms with Crippen molar-refractivity contribution in [2.75, 3.05) is 19.6 Å². The molecule has 0 fully saturated rings. The summed E-state index contributed by atoms with van der Waals surface area (Å²) in [6.45, 7) is 2.87. The number of aliphatic carboxylic acids is 1. The Bertz CT molecular complexity index is 319. The first-order valence-electron chi connectivity index (χ1n) is 5.92. The first-order valence-corrected chi connectivity index (χ1v) is 5.92. The van der Waals surface area contributed by atoms with Crippen LogP contribution in [0.5, 0.6) is 0 Å². The molecule has 2 amide bonds. The van der Waals surface area contributed by atoms with Crippen LogP contribution in [0.3, 0.4) is 0 Å². The SMILES string of the molecule is CCCN(C(=O)N(CC(=O)O)CC(F)(F)F)C(C)C. The van der Waals surface area contributed by atoms with Crippen molar-refractivity contribution in [1.82, 2.24) is 9.80 Å². The summed E-state index contributed by atoms with van der Waals surface area (Å²) in [5, 5.41) is 8.60. The first-order chi connectivity index (χ1) is 8.58. The molecule has 19 heavy (non-hydrogen) atoms. The van der Waals surface area contributed by atoms with E-state index in [1.807, 2.05) is 0 Å². The van der Waals surface area contributed by atoms with E-state index in [1.54, 1.807) is 20.8 Å². The number of carbonyl (C=O) groups excluding carboxylic acids is 1. The fourth-order valence-corrected chi connectivity index (χ4v) is 1.57. The lowest BCUT2D eigenvalue weighted by atomic mass is 10.3. The van der Waals surface area contributed by atoms with Crippen molar-refractivity contribution in [2.45, 2.75) is 39.4 Å². The minimum Gasteiger partial charge on any atom is -0.480 e. The lowest BCUT2D eigenvalue weighted by Crippen LogP contribution is -2.51. The predicted molar refractivity (Wildman–Crippen MR) is 62.8 cm³/mol. The van der Waals surface area contributed by atoms with Crippen molar-refractivity contribution in [2.24, 2.45) is 0 Å². The number of nitrogens with zero attached hydrogens (tertiary/aromatic N) is 2. The maximum Gasteiger partial charge on any atom is 0.406 e.